The van der Waals surface area contributed by atoms with Gasteiger partial charge in [-0.2, -0.15) is 0 Å². The van der Waals surface area contributed by atoms with Crippen molar-refractivity contribution in [1.82, 2.24) is 0 Å². The first kappa shape index (κ1) is 25.1. The van der Waals surface area contributed by atoms with Crippen molar-refractivity contribution < 1.29 is 19.1 Å². The SMILES string of the molecule is CCCCC1CCC(C(=O)Nc2ccc3c(c2)OC(C)C(=O)N3CCOc2cccc(C)c2)CC1. The lowest BCUT2D eigenvalue weighted by molar-refractivity contribution is -0.125. The molecule has 2 aromatic carbocycles. The van der Waals surface area contributed by atoms with Crippen molar-refractivity contribution in [2.24, 2.45) is 11.8 Å². The van der Waals surface area contributed by atoms with Crippen molar-refractivity contribution in [1.29, 1.82) is 0 Å². The van der Waals surface area contributed by atoms with E-state index in [0.29, 0.717) is 30.3 Å². The Bertz CT molecular complexity index is 1030. The van der Waals surface area contributed by atoms with Gasteiger partial charge in [0.1, 0.15) is 18.1 Å². The van der Waals surface area contributed by atoms with E-state index in [1.54, 1.807) is 11.8 Å². The van der Waals surface area contributed by atoms with E-state index < -0.39 is 6.10 Å². The number of benzene rings is 2. The molecule has 0 saturated heterocycles. The molecule has 1 atom stereocenters. The molecule has 0 radical (unpaired) electrons. The summed E-state index contributed by atoms with van der Waals surface area (Å²) in [5, 5.41) is 3.08. The molecule has 1 heterocycles. The van der Waals surface area contributed by atoms with E-state index in [9.17, 15) is 9.59 Å². The number of hydrogen-bond donors (Lipinski definition) is 1. The van der Waals surface area contributed by atoms with E-state index in [1.165, 1.54) is 19.3 Å². The van der Waals surface area contributed by atoms with Crippen LogP contribution >= 0.6 is 0 Å². The molecule has 0 spiro atoms. The number of unbranched alkanes of at least 4 members (excludes halogenated alkanes) is 1. The molecule has 0 bridgehead atoms. The number of nitrogens with zero attached hydrogens (tertiary/aromatic N) is 1. The zero-order chi connectivity index (χ0) is 24.8. The number of rotatable bonds is 9. The Morgan fingerprint density at radius 1 is 1.14 bits per heavy atom. The molecule has 1 saturated carbocycles. The van der Waals surface area contributed by atoms with Crippen molar-refractivity contribution in [2.75, 3.05) is 23.4 Å². The van der Waals surface area contributed by atoms with Crippen LogP contribution in [0.2, 0.25) is 0 Å². The first-order chi connectivity index (χ1) is 16.9. The Balaban J connectivity index is 1.36. The second-order valence-electron chi connectivity index (χ2n) is 9.95. The fourth-order valence-electron chi connectivity index (χ4n) is 5.13. The Labute approximate surface area is 209 Å². The lowest BCUT2D eigenvalue weighted by atomic mass is 9.79. The van der Waals surface area contributed by atoms with E-state index in [-0.39, 0.29) is 17.7 Å². The molecular formula is C29H38N2O4. The van der Waals surface area contributed by atoms with Crippen LogP contribution in [0.1, 0.15) is 64.4 Å². The third-order valence-corrected chi connectivity index (χ3v) is 7.19. The summed E-state index contributed by atoms with van der Waals surface area (Å²) in [5.41, 5.74) is 2.54. The second-order valence-corrected chi connectivity index (χ2v) is 9.95. The van der Waals surface area contributed by atoms with Crippen LogP contribution in [-0.2, 0) is 9.59 Å². The van der Waals surface area contributed by atoms with Gasteiger partial charge in [-0.05, 0) is 75.3 Å². The Morgan fingerprint density at radius 3 is 2.69 bits per heavy atom. The van der Waals surface area contributed by atoms with Gasteiger partial charge in [-0.25, -0.2) is 0 Å². The largest absolute Gasteiger partial charge is 0.492 e. The van der Waals surface area contributed by atoms with Crippen LogP contribution < -0.4 is 19.7 Å². The van der Waals surface area contributed by atoms with Gasteiger partial charge in [0, 0.05) is 17.7 Å². The number of fused-ring (bicyclic) bond motifs is 1. The molecule has 188 valence electrons. The first-order valence-electron chi connectivity index (χ1n) is 13.1. The van der Waals surface area contributed by atoms with Crippen LogP contribution in [0.15, 0.2) is 42.5 Å². The van der Waals surface area contributed by atoms with Gasteiger partial charge in [-0.1, -0.05) is 38.3 Å². The second kappa shape index (κ2) is 11.6. The lowest BCUT2D eigenvalue weighted by Crippen LogP contribution is -2.46. The van der Waals surface area contributed by atoms with Gasteiger partial charge in [0.2, 0.25) is 5.91 Å². The minimum absolute atomic E-state index is 0.0700. The molecule has 0 aromatic heterocycles. The molecule has 2 amide bonds. The minimum Gasteiger partial charge on any atom is -0.492 e. The van der Waals surface area contributed by atoms with Crippen LogP contribution in [0, 0.1) is 18.8 Å². The maximum atomic E-state index is 12.9. The van der Waals surface area contributed by atoms with Gasteiger partial charge in [0.15, 0.2) is 6.10 Å². The number of nitrogens with one attached hydrogen (secondary N) is 1. The summed E-state index contributed by atoms with van der Waals surface area (Å²) in [6.07, 6.45) is 7.43. The van der Waals surface area contributed by atoms with Crippen LogP contribution in [0.25, 0.3) is 0 Å². The summed E-state index contributed by atoms with van der Waals surface area (Å²) in [5.74, 6) is 2.23. The van der Waals surface area contributed by atoms with E-state index in [4.69, 9.17) is 9.47 Å². The monoisotopic (exact) mass is 478 g/mol. The average Bonchev–Trinajstić information content (AvgIpc) is 2.85. The third-order valence-electron chi connectivity index (χ3n) is 7.19. The van der Waals surface area contributed by atoms with Crippen molar-refractivity contribution in [3.05, 3.63) is 48.0 Å². The molecule has 1 aliphatic heterocycles. The average molecular weight is 479 g/mol. The summed E-state index contributed by atoms with van der Waals surface area (Å²) in [6, 6.07) is 13.4. The molecular weight excluding hydrogens is 440 g/mol. The zero-order valence-electron chi connectivity index (χ0n) is 21.2. The standard InChI is InChI=1S/C29H38N2O4/c1-4-5-8-22-10-12-23(13-11-22)28(32)30-24-14-15-26-27(19-24)35-21(3)29(33)31(26)16-17-34-25-9-6-7-20(2)18-25/h6-7,9,14-15,18-19,21-23H,4-5,8,10-13,16-17H2,1-3H3,(H,30,32). The normalized spacial score (nSPS) is 21.7. The molecule has 1 fully saturated rings. The maximum Gasteiger partial charge on any atom is 0.267 e. The van der Waals surface area contributed by atoms with E-state index >= 15 is 0 Å². The van der Waals surface area contributed by atoms with E-state index in [0.717, 1.165) is 42.9 Å². The smallest absolute Gasteiger partial charge is 0.267 e. The fourth-order valence-corrected chi connectivity index (χ4v) is 5.13. The van der Waals surface area contributed by atoms with Gasteiger partial charge in [0.25, 0.3) is 5.91 Å². The molecule has 6 nitrogen and oxygen atoms in total. The predicted octanol–water partition coefficient (Wildman–Crippen LogP) is 6.12. The number of carbonyl (C=O) groups excluding carboxylic acids is 2. The van der Waals surface area contributed by atoms with Gasteiger partial charge in [-0.15, -0.1) is 0 Å². The molecule has 2 aliphatic rings. The Hall–Kier alpha value is -3.02. The molecule has 1 unspecified atom stereocenters. The van der Waals surface area contributed by atoms with Crippen molar-refractivity contribution in [3.63, 3.8) is 0 Å². The molecule has 1 aliphatic carbocycles. The number of aryl methyl sites for hydroxylation is 1. The topological polar surface area (TPSA) is 67.9 Å². The minimum atomic E-state index is -0.592. The summed E-state index contributed by atoms with van der Waals surface area (Å²) in [7, 11) is 0. The summed E-state index contributed by atoms with van der Waals surface area (Å²) < 4.78 is 11.8. The summed E-state index contributed by atoms with van der Waals surface area (Å²) in [4.78, 5) is 27.4. The van der Waals surface area contributed by atoms with Crippen LogP contribution in [0.5, 0.6) is 11.5 Å². The van der Waals surface area contributed by atoms with E-state index in [1.807, 2.05) is 49.4 Å². The Kier molecular flexibility index (Phi) is 8.32. The number of anilines is 2. The third kappa shape index (κ3) is 6.36. The summed E-state index contributed by atoms with van der Waals surface area (Å²) >= 11 is 0. The first-order valence-corrected chi connectivity index (χ1v) is 13.1. The lowest BCUT2D eigenvalue weighted by Gasteiger charge is -2.33. The number of carbonyl (C=O) groups is 2. The van der Waals surface area contributed by atoms with Gasteiger partial charge >= 0.3 is 0 Å². The fraction of sp³-hybridized carbons (Fsp3) is 0.517. The molecule has 1 N–H and O–H groups in total. The highest BCUT2D eigenvalue weighted by Crippen LogP contribution is 2.37. The number of hydrogen-bond acceptors (Lipinski definition) is 4. The maximum absolute atomic E-state index is 12.9. The van der Waals surface area contributed by atoms with Crippen LogP contribution in [-0.4, -0.2) is 31.1 Å². The highest BCUT2D eigenvalue weighted by atomic mass is 16.5. The van der Waals surface area contributed by atoms with Gasteiger partial charge < -0.3 is 19.7 Å². The predicted molar refractivity (Wildman–Crippen MR) is 139 cm³/mol. The van der Waals surface area contributed by atoms with Crippen molar-refractivity contribution in [2.45, 2.75) is 71.8 Å². The van der Waals surface area contributed by atoms with Gasteiger partial charge in [0.05, 0.1) is 12.2 Å². The highest BCUT2D eigenvalue weighted by molar-refractivity contribution is 6.01. The quantitative estimate of drug-likeness (QED) is 0.471. The summed E-state index contributed by atoms with van der Waals surface area (Å²) in [6.45, 7) is 6.80. The molecule has 35 heavy (non-hydrogen) atoms. The molecule has 2 aromatic rings. The zero-order valence-corrected chi connectivity index (χ0v) is 21.2. The van der Waals surface area contributed by atoms with Crippen molar-refractivity contribution >= 4 is 23.2 Å². The molecule has 4 rings (SSSR count). The van der Waals surface area contributed by atoms with Crippen molar-refractivity contribution in [3.8, 4) is 11.5 Å². The number of ether oxygens (including phenoxy) is 2. The van der Waals surface area contributed by atoms with E-state index in [2.05, 4.69) is 12.2 Å². The highest BCUT2D eigenvalue weighted by Gasteiger charge is 2.32. The van der Waals surface area contributed by atoms with Gasteiger partial charge in [-0.3, -0.25) is 9.59 Å². The molecule has 6 heteroatoms. The number of amides is 2. The Morgan fingerprint density at radius 2 is 1.94 bits per heavy atom. The van der Waals surface area contributed by atoms with Crippen LogP contribution in [0.3, 0.4) is 0 Å². The van der Waals surface area contributed by atoms with Crippen LogP contribution in [0.4, 0.5) is 11.4 Å².